The highest BCUT2D eigenvalue weighted by Gasteiger charge is 2.54. The zero-order chi connectivity index (χ0) is 34.8. The molecule has 49 heavy (non-hydrogen) atoms. The number of nitrogens with zero attached hydrogens (tertiary/aromatic N) is 10. The number of phenols is 1. The summed E-state index contributed by atoms with van der Waals surface area (Å²) < 4.78 is 1.41. The van der Waals surface area contributed by atoms with Crippen LogP contribution in [0.3, 0.4) is 0 Å². The van der Waals surface area contributed by atoms with Crippen LogP contribution >= 0.6 is 23.5 Å². The first-order valence-electron chi connectivity index (χ1n) is 14.6. The Morgan fingerprint density at radius 1 is 1.12 bits per heavy atom. The van der Waals surface area contributed by atoms with Gasteiger partial charge in [0.05, 0.1) is 0 Å². The summed E-state index contributed by atoms with van der Waals surface area (Å²) in [6.07, 6.45) is 0. The molecule has 2 aromatic heterocycles. The number of carbonyl (C=O) groups excluding carboxylic acids is 5. The summed E-state index contributed by atoms with van der Waals surface area (Å²) in [5.41, 5.74) is 0.422. The molecular formula is C26H27N13O8S2. The third kappa shape index (κ3) is 6.61. The number of aromatic nitrogens is 8. The van der Waals surface area contributed by atoms with Crippen LogP contribution in [0.2, 0.25) is 0 Å². The Hall–Kier alpha value is -5.58. The number of thioether (sulfide) groups is 2. The highest BCUT2D eigenvalue weighted by Crippen LogP contribution is 2.41. The van der Waals surface area contributed by atoms with Gasteiger partial charge in [0.2, 0.25) is 11.1 Å². The molecule has 0 radical (unpaired) electrons. The van der Waals surface area contributed by atoms with Gasteiger partial charge in [0.15, 0.2) is 5.82 Å². The minimum absolute atomic E-state index is 0.0956. The largest absolute Gasteiger partial charge is 0.508 e. The zero-order valence-electron chi connectivity index (χ0n) is 25.4. The summed E-state index contributed by atoms with van der Waals surface area (Å²) >= 11 is 2.39. The number of hydrogen-bond acceptors (Lipinski definition) is 15. The number of aromatic amines is 1. The maximum Gasteiger partial charge on any atom is 0.352 e. The van der Waals surface area contributed by atoms with Crippen LogP contribution in [0.5, 0.6) is 5.75 Å². The highest BCUT2D eigenvalue weighted by molar-refractivity contribution is 8.01. The van der Waals surface area contributed by atoms with Crippen molar-refractivity contribution < 1.29 is 39.0 Å². The van der Waals surface area contributed by atoms with Gasteiger partial charge in [0.25, 0.3) is 5.91 Å². The molecule has 6 rings (SSSR count). The van der Waals surface area contributed by atoms with E-state index in [0.29, 0.717) is 21.5 Å². The molecular weight excluding hydrogens is 687 g/mol. The minimum atomic E-state index is -1.45. The van der Waals surface area contributed by atoms with E-state index in [2.05, 4.69) is 46.8 Å². The number of likely N-dealkylation sites (N-methyl/N-ethyl adjacent to an activating group) is 1. The van der Waals surface area contributed by atoms with Crippen LogP contribution < -0.4 is 10.6 Å². The number of piperazine rings is 1. The van der Waals surface area contributed by atoms with E-state index in [0.717, 1.165) is 16.7 Å². The second-order valence-corrected chi connectivity index (χ2v) is 12.8. The summed E-state index contributed by atoms with van der Waals surface area (Å²) in [7, 11) is 0. The summed E-state index contributed by atoms with van der Waals surface area (Å²) in [5, 5.41) is 49.6. The third-order valence-corrected chi connectivity index (χ3v) is 10.2. The van der Waals surface area contributed by atoms with Crippen LogP contribution in [0.15, 0.2) is 40.7 Å². The first kappa shape index (κ1) is 33.3. The molecule has 256 valence electrons. The van der Waals surface area contributed by atoms with Crippen LogP contribution in [-0.2, 0) is 30.5 Å². The summed E-state index contributed by atoms with van der Waals surface area (Å²) in [6.45, 7) is 2.12. The maximum atomic E-state index is 13.7. The minimum Gasteiger partial charge on any atom is -0.508 e. The van der Waals surface area contributed by atoms with Gasteiger partial charge in [-0.2, -0.15) is 5.21 Å². The van der Waals surface area contributed by atoms with Crippen LogP contribution in [0.4, 0.5) is 4.79 Å². The first-order valence-corrected chi connectivity index (χ1v) is 16.6. The van der Waals surface area contributed by atoms with Crippen molar-refractivity contribution in [1.29, 1.82) is 0 Å². The Labute approximate surface area is 283 Å². The molecule has 3 aromatic rings. The van der Waals surface area contributed by atoms with E-state index in [1.54, 1.807) is 6.92 Å². The number of nitrogens with one attached hydrogen (secondary N) is 3. The smallest absolute Gasteiger partial charge is 0.352 e. The number of aromatic hydroxyl groups is 1. The number of urea groups is 1. The number of carboxylic acids is 1. The molecule has 23 heteroatoms. The number of imide groups is 1. The number of H-pyrrole nitrogens is 1. The van der Waals surface area contributed by atoms with Crippen molar-refractivity contribution in [1.82, 2.24) is 66.2 Å². The van der Waals surface area contributed by atoms with Gasteiger partial charge in [-0.1, -0.05) is 29.1 Å². The van der Waals surface area contributed by atoms with Crippen molar-refractivity contribution in [3.63, 3.8) is 0 Å². The lowest BCUT2D eigenvalue weighted by Crippen LogP contribution is -2.71. The number of tetrazole rings is 2. The second kappa shape index (κ2) is 13.9. The van der Waals surface area contributed by atoms with Crippen LogP contribution in [0, 0.1) is 0 Å². The Balaban J connectivity index is 1.15. The number of carbonyl (C=O) groups is 6. The molecule has 2 fully saturated rings. The molecule has 3 unspecified atom stereocenters. The summed E-state index contributed by atoms with van der Waals surface area (Å²) in [4.78, 5) is 80.7. The Morgan fingerprint density at radius 3 is 2.59 bits per heavy atom. The second-order valence-electron chi connectivity index (χ2n) is 10.7. The zero-order valence-corrected chi connectivity index (χ0v) is 27.0. The van der Waals surface area contributed by atoms with Crippen LogP contribution in [0.25, 0.3) is 0 Å². The number of phenolic OH excluding ortho intramolecular Hbond substituents is 1. The van der Waals surface area contributed by atoms with Crippen molar-refractivity contribution in [3.8, 4) is 5.75 Å². The van der Waals surface area contributed by atoms with Gasteiger partial charge < -0.3 is 25.7 Å². The summed E-state index contributed by atoms with van der Waals surface area (Å²) in [5.74, 6) is -4.19. The maximum absolute atomic E-state index is 13.7. The lowest BCUT2D eigenvalue weighted by molar-refractivity contribution is -0.153. The Bertz CT molecular complexity index is 1830. The van der Waals surface area contributed by atoms with E-state index in [4.69, 9.17) is 0 Å². The van der Waals surface area contributed by atoms with Crippen molar-refractivity contribution in [2.45, 2.75) is 36.1 Å². The van der Waals surface area contributed by atoms with Gasteiger partial charge in [-0.15, -0.1) is 27.1 Å². The van der Waals surface area contributed by atoms with Gasteiger partial charge in [-0.3, -0.25) is 29.0 Å². The molecule has 3 atom stereocenters. The molecule has 3 aliphatic heterocycles. The number of β-lactam (4-membered cyclic amide) rings is 1. The van der Waals surface area contributed by atoms with E-state index >= 15 is 0 Å². The average molecular weight is 714 g/mol. The van der Waals surface area contributed by atoms with Crippen molar-refractivity contribution in [3.05, 3.63) is 46.9 Å². The fraction of sp³-hybridized carbons (Fsp3) is 0.385. The van der Waals surface area contributed by atoms with Crippen molar-refractivity contribution >= 4 is 59.2 Å². The number of amides is 6. The normalized spacial score (nSPS) is 19.8. The molecule has 0 spiro atoms. The summed E-state index contributed by atoms with van der Waals surface area (Å²) in [6, 6.07) is 1.73. The molecule has 5 heterocycles. The van der Waals surface area contributed by atoms with Crippen LogP contribution in [-0.4, -0.2) is 144 Å². The lowest BCUT2D eigenvalue weighted by Gasteiger charge is -2.49. The number of rotatable bonds is 11. The predicted molar refractivity (Wildman–Crippen MR) is 165 cm³/mol. The van der Waals surface area contributed by atoms with Gasteiger partial charge >= 0.3 is 23.8 Å². The number of hydrogen-bond donors (Lipinski definition) is 5. The molecule has 3 aliphatic rings. The molecule has 5 N–H and O–H groups in total. The lowest BCUT2D eigenvalue weighted by atomic mass is 10.0. The van der Waals surface area contributed by atoms with Gasteiger partial charge in [-0.05, 0) is 40.6 Å². The molecule has 21 nitrogen and oxygen atoms in total. The fourth-order valence-corrected chi connectivity index (χ4v) is 7.67. The quantitative estimate of drug-likeness (QED) is 0.0809. The third-order valence-electron chi connectivity index (χ3n) is 7.79. The Morgan fingerprint density at radius 2 is 1.90 bits per heavy atom. The molecule has 0 bridgehead atoms. The number of fused-ring (bicyclic) bond motifs is 1. The fourth-order valence-electron chi connectivity index (χ4n) is 5.30. The topological polar surface area (TPSA) is 275 Å². The van der Waals surface area contributed by atoms with Crippen molar-refractivity contribution in [2.75, 3.05) is 31.1 Å². The first-order chi connectivity index (χ1) is 23.6. The molecule has 2 saturated heterocycles. The SMILES string of the molecule is CCN1CCN(C(=O)NC(C(=O)NC2C(=O)N3C(C(=O)O)=C(CSc4nnnn4Cc4nn[nH]n4)CSC23)c2ccc(O)cc2)C(=O)C1=O. The molecule has 6 amide bonds. The Kier molecular flexibility index (Phi) is 9.44. The van der Waals surface area contributed by atoms with Gasteiger partial charge in [-0.25, -0.2) is 14.3 Å². The monoisotopic (exact) mass is 713 g/mol. The molecule has 1 aromatic carbocycles. The van der Waals surface area contributed by atoms with Crippen molar-refractivity contribution in [2.24, 2.45) is 0 Å². The van der Waals surface area contributed by atoms with E-state index in [1.165, 1.54) is 45.6 Å². The standard InChI is InChI=1S/C26H27N13O8S2/c1-2-36-7-8-37(22(44)21(36)43)25(47)28-16(12-3-5-14(40)6-4-12)19(41)27-17-20(42)39-18(24(45)46)13(10-48-23(17)39)11-49-26-31-34-35-38(26)9-15-29-32-33-30-15/h3-6,16-17,23,40H,2,7-11H2,1H3,(H,27,41)(H,28,47)(H,45,46)(H,29,30,32,33). The van der Waals surface area contributed by atoms with E-state index in [1.807, 2.05) is 0 Å². The number of carboxylic acid groups (broad SMARTS) is 1. The molecule has 0 aliphatic carbocycles. The number of benzene rings is 1. The van der Waals surface area contributed by atoms with Gasteiger partial charge in [0.1, 0.15) is 35.4 Å². The predicted octanol–water partition coefficient (Wildman–Crippen LogP) is -2.09. The van der Waals surface area contributed by atoms with E-state index in [9.17, 15) is 39.0 Å². The van der Waals surface area contributed by atoms with Gasteiger partial charge in [0, 0.05) is 31.1 Å². The highest BCUT2D eigenvalue weighted by atomic mass is 32.2. The van der Waals surface area contributed by atoms with Crippen LogP contribution in [0.1, 0.15) is 24.4 Å². The van der Waals surface area contributed by atoms with E-state index < -0.39 is 53.1 Å². The number of aliphatic carboxylic acids is 1. The van der Waals surface area contributed by atoms with E-state index in [-0.39, 0.29) is 54.7 Å². The average Bonchev–Trinajstić information content (AvgIpc) is 3.78. The molecule has 0 saturated carbocycles.